The van der Waals surface area contributed by atoms with Gasteiger partial charge in [-0.25, -0.2) is 0 Å². The van der Waals surface area contributed by atoms with E-state index in [0.29, 0.717) is 17.6 Å². The fourth-order valence-electron chi connectivity index (χ4n) is 3.59. The van der Waals surface area contributed by atoms with Crippen molar-refractivity contribution in [1.82, 2.24) is 4.90 Å². The van der Waals surface area contributed by atoms with Crippen LogP contribution < -0.4 is 0 Å². The SMILES string of the molecule is CC(c1ccc(C(=O)N(C2CCCCC2)C2CC2)cc1)C(F)(F)F. The number of benzene rings is 1. The van der Waals surface area contributed by atoms with Crippen LogP contribution in [-0.2, 0) is 0 Å². The normalized spacial score (nSPS) is 20.7. The van der Waals surface area contributed by atoms with E-state index in [9.17, 15) is 18.0 Å². The minimum Gasteiger partial charge on any atom is -0.333 e. The molecular weight excluding hydrogens is 315 g/mol. The van der Waals surface area contributed by atoms with Crippen LogP contribution in [0.4, 0.5) is 13.2 Å². The quantitative estimate of drug-likeness (QED) is 0.730. The monoisotopic (exact) mass is 339 g/mol. The summed E-state index contributed by atoms with van der Waals surface area (Å²) in [5.74, 6) is -1.53. The fraction of sp³-hybridized carbons (Fsp3) is 0.632. The Morgan fingerprint density at radius 3 is 2.04 bits per heavy atom. The molecule has 5 heteroatoms. The van der Waals surface area contributed by atoms with Gasteiger partial charge in [0.15, 0.2) is 0 Å². The zero-order chi connectivity index (χ0) is 17.3. The molecule has 1 aromatic carbocycles. The lowest BCUT2D eigenvalue weighted by molar-refractivity contribution is -0.146. The molecule has 0 radical (unpaired) electrons. The van der Waals surface area contributed by atoms with Crippen LogP contribution in [0.25, 0.3) is 0 Å². The molecule has 2 aliphatic rings. The van der Waals surface area contributed by atoms with Gasteiger partial charge in [0.1, 0.15) is 0 Å². The van der Waals surface area contributed by atoms with E-state index in [1.54, 1.807) is 12.1 Å². The second-order valence-electron chi connectivity index (χ2n) is 7.12. The van der Waals surface area contributed by atoms with Crippen molar-refractivity contribution in [1.29, 1.82) is 0 Å². The maximum absolute atomic E-state index is 12.9. The molecule has 24 heavy (non-hydrogen) atoms. The van der Waals surface area contributed by atoms with E-state index >= 15 is 0 Å². The number of alkyl halides is 3. The van der Waals surface area contributed by atoms with Gasteiger partial charge in [-0.3, -0.25) is 4.79 Å². The van der Waals surface area contributed by atoms with Gasteiger partial charge in [0.05, 0.1) is 5.92 Å². The number of rotatable bonds is 4. The zero-order valence-electron chi connectivity index (χ0n) is 14.0. The molecule has 2 saturated carbocycles. The highest BCUT2D eigenvalue weighted by atomic mass is 19.4. The highest BCUT2D eigenvalue weighted by Crippen LogP contribution is 2.36. The lowest BCUT2D eigenvalue weighted by Crippen LogP contribution is -2.43. The summed E-state index contributed by atoms with van der Waals surface area (Å²) in [7, 11) is 0. The zero-order valence-corrected chi connectivity index (χ0v) is 14.0. The predicted octanol–water partition coefficient (Wildman–Crippen LogP) is 5.29. The van der Waals surface area contributed by atoms with Crippen LogP contribution in [0.15, 0.2) is 24.3 Å². The van der Waals surface area contributed by atoms with Crippen LogP contribution in [-0.4, -0.2) is 29.1 Å². The van der Waals surface area contributed by atoms with Crippen molar-refractivity contribution in [3.05, 3.63) is 35.4 Å². The summed E-state index contributed by atoms with van der Waals surface area (Å²) in [6, 6.07) is 6.62. The third-order valence-electron chi connectivity index (χ3n) is 5.29. The second kappa shape index (κ2) is 6.77. The van der Waals surface area contributed by atoms with Crippen LogP contribution in [0.1, 0.15) is 73.7 Å². The van der Waals surface area contributed by atoms with Gasteiger partial charge in [-0.05, 0) is 50.3 Å². The molecule has 2 nitrogen and oxygen atoms in total. The Hall–Kier alpha value is -1.52. The summed E-state index contributed by atoms with van der Waals surface area (Å²) in [5, 5.41) is 0. The van der Waals surface area contributed by atoms with Crippen molar-refractivity contribution in [2.24, 2.45) is 0 Å². The third kappa shape index (κ3) is 3.76. The van der Waals surface area contributed by atoms with Gasteiger partial charge in [-0.1, -0.05) is 31.4 Å². The summed E-state index contributed by atoms with van der Waals surface area (Å²) >= 11 is 0. The van der Waals surface area contributed by atoms with Gasteiger partial charge in [0, 0.05) is 17.6 Å². The van der Waals surface area contributed by atoms with Gasteiger partial charge < -0.3 is 4.90 Å². The Labute approximate surface area is 141 Å². The molecule has 1 atom stereocenters. The summed E-state index contributed by atoms with van der Waals surface area (Å²) < 4.78 is 38.4. The molecule has 0 heterocycles. The smallest absolute Gasteiger partial charge is 0.333 e. The maximum Gasteiger partial charge on any atom is 0.395 e. The largest absolute Gasteiger partial charge is 0.395 e. The van der Waals surface area contributed by atoms with Crippen molar-refractivity contribution >= 4 is 5.91 Å². The molecule has 0 saturated heterocycles. The van der Waals surface area contributed by atoms with E-state index < -0.39 is 12.1 Å². The fourth-order valence-corrected chi connectivity index (χ4v) is 3.59. The van der Waals surface area contributed by atoms with E-state index in [2.05, 4.69) is 0 Å². The Balaban J connectivity index is 1.75. The molecule has 1 unspecified atom stereocenters. The van der Waals surface area contributed by atoms with Crippen LogP contribution in [0.3, 0.4) is 0 Å². The van der Waals surface area contributed by atoms with Crippen LogP contribution in [0.5, 0.6) is 0 Å². The number of halogens is 3. The first-order valence-electron chi connectivity index (χ1n) is 8.87. The number of carbonyl (C=O) groups excluding carboxylic acids is 1. The van der Waals surface area contributed by atoms with E-state index in [-0.39, 0.29) is 11.5 Å². The predicted molar refractivity (Wildman–Crippen MR) is 87.0 cm³/mol. The molecule has 0 aromatic heterocycles. The van der Waals surface area contributed by atoms with E-state index in [0.717, 1.165) is 45.4 Å². The average molecular weight is 339 g/mol. The van der Waals surface area contributed by atoms with Crippen LogP contribution in [0.2, 0.25) is 0 Å². The van der Waals surface area contributed by atoms with Crippen LogP contribution in [0, 0.1) is 0 Å². The van der Waals surface area contributed by atoms with Gasteiger partial charge in [-0.15, -0.1) is 0 Å². The van der Waals surface area contributed by atoms with Crippen molar-refractivity contribution in [3.8, 4) is 0 Å². The third-order valence-corrected chi connectivity index (χ3v) is 5.29. The first-order chi connectivity index (χ1) is 11.4. The van der Waals surface area contributed by atoms with E-state index in [1.807, 2.05) is 4.90 Å². The molecule has 1 aromatic rings. The van der Waals surface area contributed by atoms with E-state index in [1.165, 1.54) is 18.6 Å². The second-order valence-corrected chi connectivity index (χ2v) is 7.12. The van der Waals surface area contributed by atoms with Gasteiger partial charge in [0.25, 0.3) is 5.91 Å². The molecule has 0 aliphatic heterocycles. The number of amides is 1. The molecule has 2 fully saturated rings. The van der Waals surface area contributed by atoms with Crippen molar-refractivity contribution < 1.29 is 18.0 Å². The summed E-state index contributed by atoms with van der Waals surface area (Å²) in [5.41, 5.74) is 0.709. The van der Waals surface area contributed by atoms with Crippen molar-refractivity contribution in [2.45, 2.75) is 76.0 Å². The number of hydrogen-bond donors (Lipinski definition) is 0. The van der Waals surface area contributed by atoms with Gasteiger partial charge >= 0.3 is 6.18 Å². The Morgan fingerprint density at radius 2 is 1.54 bits per heavy atom. The first kappa shape index (κ1) is 17.3. The Kier molecular flexibility index (Phi) is 4.88. The molecule has 0 bridgehead atoms. The minimum absolute atomic E-state index is 0.0180. The average Bonchev–Trinajstić information content (AvgIpc) is 3.39. The number of hydrogen-bond acceptors (Lipinski definition) is 1. The topological polar surface area (TPSA) is 20.3 Å². The first-order valence-corrected chi connectivity index (χ1v) is 8.87. The molecule has 2 aliphatic carbocycles. The number of carbonyl (C=O) groups is 1. The standard InChI is InChI=1S/C19H24F3NO/c1-13(19(20,21)22)14-7-9-15(10-8-14)18(24)23(17-11-12-17)16-5-3-2-4-6-16/h7-10,13,16-17H,2-6,11-12H2,1H3. The molecule has 132 valence electrons. The molecule has 1 amide bonds. The van der Waals surface area contributed by atoms with E-state index in [4.69, 9.17) is 0 Å². The van der Waals surface area contributed by atoms with Crippen LogP contribution >= 0.6 is 0 Å². The Morgan fingerprint density at radius 1 is 1.00 bits per heavy atom. The van der Waals surface area contributed by atoms with Gasteiger partial charge in [0.2, 0.25) is 0 Å². The molecular formula is C19H24F3NO. The molecule has 0 spiro atoms. The summed E-state index contributed by atoms with van der Waals surface area (Å²) in [6.45, 7) is 1.15. The lowest BCUT2D eigenvalue weighted by atomic mass is 9.93. The van der Waals surface area contributed by atoms with Gasteiger partial charge in [-0.2, -0.15) is 13.2 Å². The highest BCUT2D eigenvalue weighted by Gasteiger charge is 2.39. The maximum atomic E-state index is 12.9. The number of nitrogens with zero attached hydrogens (tertiary/aromatic N) is 1. The summed E-state index contributed by atoms with van der Waals surface area (Å²) in [4.78, 5) is 14.9. The molecule has 0 N–H and O–H groups in total. The minimum atomic E-state index is -4.26. The molecule has 3 rings (SSSR count). The highest BCUT2D eigenvalue weighted by molar-refractivity contribution is 5.95. The van der Waals surface area contributed by atoms with Crippen molar-refractivity contribution in [3.63, 3.8) is 0 Å². The Bertz CT molecular complexity index is 571. The summed E-state index contributed by atoms with van der Waals surface area (Å²) in [6.07, 6.45) is 3.47. The lowest BCUT2D eigenvalue weighted by Gasteiger charge is -2.34. The van der Waals surface area contributed by atoms with Crippen molar-refractivity contribution in [2.75, 3.05) is 0 Å².